The van der Waals surface area contributed by atoms with Gasteiger partial charge in [0, 0.05) is 19.9 Å². The van der Waals surface area contributed by atoms with Crippen molar-refractivity contribution >= 4 is 23.8 Å². The van der Waals surface area contributed by atoms with E-state index >= 15 is 0 Å². The molecular formula is C11H17Mt2NO7. The van der Waals surface area contributed by atoms with Gasteiger partial charge in [0.1, 0.15) is 6.54 Å². The smallest absolute Gasteiger partial charge is 0.323 e. The molecular weight excluding hydrogens is 814 g/mol. The molecule has 0 saturated heterocycles. The Balaban J connectivity index is -0.00000162. The Kier molecular flexibility index (Phi) is 11.6. The van der Waals surface area contributed by atoms with E-state index in [-0.39, 0.29) is 32.4 Å². The fourth-order valence-electron chi connectivity index (χ4n) is 1.28. The number of esters is 1. The molecule has 8 nitrogen and oxygen atoms in total. The van der Waals surface area contributed by atoms with Gasteiger partial charge in [0.05, 0.1) is 13.0 Å². The van der Waals surface area contributed by atoms with Gasteiger partial charge < -0.3 is 19.8 Å². The number of carbonyl (C=O) groups excluding carboxylic acids is 2. The van der Waals surface area contributed by atoms with E-state index in [1.165, 1.54) is 6.92 Å². The van der Waals surface area contributed by atoms with E-state index < -0.39 is 30.4 Å². The van der Waals surface area contributed by atoms with Gasteiger partial charge in [-0.05, 0) is 6.42 Å². The number of carboxylic acid groups (broad SMARTS) is 2. The van der Waals surface area contributed by atoms with Crippen molar-refractivity contribution < 1.29 is 34.1 Å². The molecule has 0 unspecified atom stereocenters. The molecule has 0 rings (SSSR count). The van der Waals surface area contributed by atoms with Crippen LogP contribution in [0.3, 0.4) is 0 Å². The zero-order valence-corrected chi connectivity index (χ0v) is 25.2. The molecule has 0 aromatic carbocycles. The Morgan fingerprint density at radius 2 is 1.57 bits per heavy atom. The number of rotatable bonds is 9. The minimum absolute atomic E-state index is 0. The second-order valence-electron chi connectivity index (χ2n) is 3.80. The predicted octanol–water partition coefficient (Wildman–Crippen LogP) is -0.282. The second kappa shape index (κ2) is 11.0. The minimum atomic E-state index is -1.21. The quantitative estimate of drug-likeness (QED) is 0.243. The van der Waals surface area contributed by atoms with Crippen LogP contribution in [0.25, 0.3) is 0 Å². The van der Waals surface area contributed by atoms with Crippen molar-refractivity contribution in [2.45, 2.75) is 26.2 Å². The Labute approximate surface area is 109 Å². The van der Waals surface area contributed by atoms with E-state index in [0.29, 0.717) is 0 Å². The Bertz CT molecular complexity index is 362. The van der Waals surface area contributed by atoms with E-state index in [1.807, 2.05) is 0 Å². The number of hydrogen-bond acceptors (Lipinski definition) is 5. The van der Waals surface area contributed by atoms with Crippen LogP contribution in [0.2, 0.25) is 0 Å². The van der Waals surface area contributed by atoms with Gasteiger partial charge in [0.15, 0.2) is 0 Å². The maximum atomic E-state index is 11.7. The van der Waals surface area contributed by atoms with E-state index in [1.54, 1.807) is 0 Å². The summed E-state index contributed by atoms with van der Waals surface area (Å²) < 4.78 is 4.63. The van der Waals surface area contributed by atoms with Crippen molar-refractivity contribution in [3.8, 4) is 0 Å². The maximum Gasteiger partial charge on any atom is 0.323 e. The summed E-state index contributed by atoms with van der Waals surface area (Å²) in [6.07, 6.45) is -0.0508. The topological polar surface area (TPSA) is 121 Å². The van der Waals surface area contributed by atoms with E-state index in [2.05, 4.69) is 4.74 Å². The van der Waals surface area contributed by atoms with Crippen LogP contribution in [0.5, 0.6) is 0 Å². The number of amides is 1. The molecule has 10 heteroatoms. The van der Waals surface area contributed by atoms with Crippen molar-refractivity contribution in [1.29, 1.82) is 0 Å². The van der Waals surface area contributed by atoms with Gasteiger partial charge in [-0.3, -0.25) is 19.2 Å². The summed E-state index contributed by atoms with van der Waals surface area (Å²) in [6, 6.07) is 0. The minimum Gasteiger partial charge on any atom is -0.481 e. The third-order valence-corrected chi connectivity index (χ3v) is 2.11. The van der Waals surface area contributed by atoms with Gasteiger partial charge in [-0.2, -0.15) is 0 Å². The molecule has 0 spiro atoms. The van der Waals surface area contributed by atoms with Gasteiger partial charge in [-0.1, -0.05) is 0 Å². The molecule has 0 bridgehead atoms. The third kappa shape index (κ3) is 12.1. The van der Waals surface area contributed by atoms with Crippen LogP contribution in [0.1, 0.15) is 26.2 Å². The zero-order chi connectivity index (χ0) is 14.8. The molecule has 0 aromatic rings. The van der Waals surface area contributed by atoms with Crippen molar-refractivity contribution in [3.05, 3.63) is 0 Å². The molecule has 0 aromatic heterocycles. The molecule has 0 aliphatic heterocycles. The molecule has 112 valence electrons. The normalized spacial score (nSPS) is 8.81. The SMILES string of the molecule is CC(=O)OCCCC(=O)N(CCC(=O)O)CC(=O)O.[Mt].[Mt]. The number of carboxylic acids is 2. The number of hydrogen-bond donors (Lipinski definition) is 2. The Morgan fingerprint density at radius 3 is 2.00 bits per heavy atom. The molecule has 1 amide bonds. The first-order valence-electron chi connectivity index (χ1n) is 5.67. The van der Waals surface area contributed by atoms with Gasteiger partial charge in [-0.15, -0.1) is 0 Å². The van der Waals surface area contributed by atoms with Crippen LogP contribution < -0.4 is 0 Å². The van der Waals surface area contributed by atoms with Crippen molar-refractivity contribution in [2.24, 2.45) is 0 Å². The van der Waals surface area contributed by atoms with E-state index in [4.69, 9.17) is 10.2 Å². The number of nitrogens with zero attached hydrogens (tertiary/aromatic N) is 1. The average Bonchev–Trinajstić information content (AvgIpc) is 2.28. The maximum absolute atomic E-state index is 11.7. The molecule has 2 N–H and O–H groups in total. The van der Waals surface area contributed by atoms with Crippen LogP contribution in [-0.4, -0.2) is 58.6 Å². The fraction of sp³-hybridized carbons (Fsp3) is 0.636. The summed E-state index contributed by atoms with van der Waals surface area (Å²) in [7, 11) is 0. The number of ether oxygens (including phenoxy) is 1. The van der Waals surface area contributed by atoms with Crippen LogP contribution in [-0.2, 0) is 23.9 Å². The second-order valence-corrected chi connectivity index (χ2v) is 3.80. The summed E-state index contributed by atoms with van der Waals surface area (Å²) in [4.78, 5) is 44.1. The molecule has 0 aliphatic carbocycles. The fourth-order valence-corrected chi connectivity index (χ4v) is 1.28. The Hall–Kier alpha value is -4.12. The van der Waals surface area contributed by atoms with Gasteiger partial charge in [0.2, 0.25) is 5.91 Å². The van der Waals surface area contributed by atoms with Crippen LogP contribution in [0.15, 0.2) is 0 Å². The summed E-state index contributed by atoms with van der Waals surface area (Å²) in [5.74, 6) is -3.25. The number of aliphatic carboxylic acids is 2. The standard InChI is InChI=1S/C11H17NO7.2Mt/c1-8(13)19-6-2-3-9(14)12(7-11(17)18)5-4-10(15)16;;/h2-7H2,1H3,(H,15,16)(H,17,18);;. The third-order valence-electron chi connectivity index (χ3n) is 2.11. The molecule has 0 aliphatic rings. The van der Waals surface area contributed by atoms with E-state index in [9.17, 15) is 19.2 Å². The first-order valence-corrected chi connectivity index (χ1v) is 5.67. The first kappa shape index (κ1) is 22.1. The monoisotopic (exact) mass is 831 g/mol. The van der Waals surface area contributed by atoms with Crippen molar-refractivity contribution in [1.82, 2.24) is 4.90 Å². The van der Waals surface area contributed by atoms with Gasteiger partial charge in [0.25, 0.3) is 0 Å². The summed E-state index contributed by atoms with van der Waals surface area (Å²) in [5.41, 5.74) is 0. The summed E-state index contributed by atoms with van der Waals surface area (Å²) in [6.45, 7) is 0.611. The average molecular weight is 831 g/mol. The number of carbonyl (C=O) groups is 4. The zero-order valence-electron chi connectivity index (χ0n) is 12.0. The van der Waals surface area contributed by atoms with Crippen molar-refractivity contribution in [3.63, 3.8) is 0 Å². The first-order chi connectivity index (χ1) is 8.82. The molecule has 0 fully saturated rings. The Morgan fingerprint density at radius 1 is 1.00 bits per heavy atom. The van der Waals surface area contributed by atoms with Crippen molar-refractivity contribution in [2.75, 3.05) is 19.7 Å². The summed E-state index contributed by atoms with van der Waals surface area (Å²) in [5, 5.41) is 17.1. The molecule has 0 saturated carbocycles. The van der Waals surface area contributed by atoms with Crippen LogP contribution in [0, 0.1) is 0 Å². The molecule has 0 radical (unpaired) electrons. The van der Waals surface area contributed by atoms with Gasteiger partial charge in [-0.25, -0.2) is 0 Å². The van der Waals surface area contributed by atoms with Gasteiger partial charge >= 0.3 is 17.9 Å². The summed E-state index contributed by atoms with van der Waals surface area (Å²) >= 11 is 0. The van der Waals surface area contributed by atoms with Crippen LogP contribution in [0.4, 0.5) is 0 Å². The van der Waals surface area contributed by atoms with E-state index in [0.717, 1.165) is 4.90 Å². The van der Waals surface area contributed by atoms with Crippen LogP contribution >= 0.6 is 0 Å². The predicted molar refractivity (Wildman–Crippen MR) is 62.3 cm³/mol. The largest absolute Gasteiger partial charge is 0.481 e. The molecule has 0 atom stereocenters. The molecule has 21 heavy (non-hydrogen) atoms. The molecule has 0 heterocycles.